The van der Waals surface area contributed by atoms with Gasteiger partial charge in [-0.3, -0.25) is 15.2 Å². The third kappa shape index (κ3) is 4.92. The van der Waals surface area contributed by atoms with Crippen molar-refractivity contribution in [3.63, 3.8) is 0 Å². The van der Waals surface area contributed by atoms with Crippen molar-refractivity contribution < 1.29 is 9.18 Å². The number of rotatable bonds is 7. The van der Waals surface area contributed by atoms with Crippen LogP contribution < -0.4 is 15.9 Å². The molecule has 1 aliphatic carbocycles. The maximum Gasteiger partial charge on any atom is 0.265 e. The summed E-state index contributed by atoms with van der Waals surface area (Å²) in [6, 6.07) is 31.1. The van der Waals surface area contributed by atoms with Crippen molar-refractivity contribution in [3.8, 4) is 0 Å². The number of fused-ring (bicyclic) bond motifs is 2. The number of carbonyl (C=O) groups excluding carboxylic acids is 1. The zero-order valence-electron chi connectivity index (χ0n) is 21.2. The monoisotopic (exact) mass is 506 g/mol. The smallest absolute Gasteiger partial charge is 0.265 e. The number of anilines is 1. The van der Waals surface area contributed by atoms with Gasteiger partial charge in [-0.05, 0) is 77.9 Å². The maximum atomic E-state index is 13.8. The summed E-state index contributed by atoms with van der Waals surface area (Å²) in [5.74, 6) is 0.225. The second-order valence-electron chi connectivity index (χ2n) is 10.2. The van der Waals surface area contributed by atoms with Gasteiger partial charge in [0.25, 0.3) is 5.91 Å². The Morgan fingerprint density at radius 3 is 2.50 bits per heavy atom. The van der Waals surface area contributed by atoms with Crippen molar-refractivity contribution in [1.29, 1.82) is 0 Å². The Kier molecular flexibility index (Phi) is 6.88. The van der Waals surface area contributed by atoms with Gasteiger partial charge in [0.2, 0.25) is 0 Å². The lowest BCUT2D eigenvalue weighted by Crippen LogP contribution is -2.46. The fourth-order valence-electron chi connectivity index (χ4n) is 6.13. The SMILES string of the molecule is O=C(NNCC1=NN(c2ccc(F)cc2)C2C(Cc3cccc4ccccc34)CCCC12)c1ccccc1. The molecule has 0 spiro atoms. The second-order valence-corrected chi connectivity index (χ2v) is 10.2. The first-order valence-electron chi connectivity index (χ1n) is 13.3. The van der Waals surface area contributed by atoms with Crippen molar-refractivity contribution in [2.24, 2.45) is 16.9 Å². The van der Waals surface area contributed by atoms with Crippen LogP contribution in [-0.2, 0) is 6.42 Å². The number of hydrazine groups is 1. The van der Waals surface area contributed by atoms with Crippen molar-refractivity contribution >= 4 is 28.1 Å². The first-order valence-corrected chi connectivity index (χ1v) is 13.3. The molecule has 5 nitrogen and oxygen atoms in total. The molecule has 3 atom stereocenters. The van der Waals surface area contributed by atoms with E-state index in [1.165, 1.54) is 28.5 Å². The van der Waals surface area contributed by atoms with Crippen LogP contribution in [0.5, 0.6) is 0 Å². The molecule has 6 rings (SSSR count). The minimum atomic E-state index is -0.255. The van der Waals surface area contributed by atoms with E-state index in [-0.39, 0.29) is 23.7 Å². The molecule has 2 aliphatic rings. The van der Waals surface area contributed by atoms with Crippen LogP contribution in [0, 0.1) is 17.7 Å². The van der Waals surface area contributed by atoms with E-state index in [2.05, 4.69) is 58.3 Å². The summed E-state index contributed by atoms with van der Waals surface area (Å²) in [5.41, 5.74) is 9.81. The van der Waals surface area contributed by atoms with Gasteiger partial charge >= 0.3 is 0 Å². The molecule has 0 radical (unpaired) electrons. The van der Waals surface area contributed by atoms with Crippen molar-refractivity contribution in [2.45, 2.75) is 31.7 Å². The standard InChI is InChI=1S/C32H31FN4O/c33-26-16-18-27(19-17-26)37-31-25(20-24-12-6-11-22-8-4-5-14-28(22)24)13-7-15-29(31)30(36-37)21-34-35-32(38)23-9-2-1-3-10-23/h1-6,8-12,14,16-19,25,29,31,34H,7,13,15,20-21H2,(H,35,38). The highest BCUT2D eigenvalue weighted by Crippen LogP contribution is 2.42. The zero-order chi connectivity index (χ0) is 25.9. The Bertz CT molecular complexity index is 1450. The lowest BCUT2D eigenvalue weighted by molar-refractivity contribution is 0.0936. The van der Waals surface area contributed by atoms with Crippen LogP contribution in [0.15, 0.2) is 102 Å². The van der Waals surface area contributed by atoms with Crippen molar-refractivity contribution in [3.05, 3.63) is 114 Å². The van der Waals surface area contributed by atoms with E-state index in [0.717, 1.165) is 37.1 Å². The molecule has 6 heteroatoms. The number of hydrogen-bond acceptors (Lipinski definition) is 4. The molecule has 1 amide bonds. The van der Waals surface area contributed by atoms with Gasteiger partial charge in [-0.15, -0.1) is 0 Å². The number of hydrogen-bond donors (Lipinski definition) is 2. The Hall–Kier alpha value is -4.03. The summed E-state index contributed by atoms with van der Waals surface area (Å²) in [6.45, 7) is 0.457. The highest BCUT2D eigenvalue weighted by atomic mass is 19.1. The van der Waals surface area contributed by atoms with Gasteiger partial charge < -0.3 is 0 Å². The van der Waals surface area contributed by atoms with Gasteiger partial charge in [-0.2, -0.15) is 5.10 Å². The Labute approximate surface area is 222 Å². The van der Waals surface area contributed by atoms with Gasteiger partial charge in [0.1, 0.15) is 5.82 Å². The number of hydrazone groups is 1. The normalized spacial score (nSPS) is 20.7. The quantitative estimate of drug-likeness (QED) is 0.297. The van der Waals surface area contributed by atoms with Crippen LogP contribution in [0.25, 0.3) is 10.8 Å². The van der Waals surface area contributed by atoms with Crippen LogP contribution >= 0.6 is 0 Å². The fourth-order valence-corrected chi connectivity index (χ4v) is 6.13. The minimum Gasteiger partial charge on any atom is -0.287 e. The number of carbonyl (C=O) groups is 1. The maximum absolute atomic E-state index is 13.8. The van der Waals surface area contributed by atoms with E-state index in [4.69, 9.17) is 5.10 Å². The third-order valence-electron chi connectivity index (χ3n) is 7.89. The van der Waals surface area contributed by atoms with E-state index in [1.54, 1.807) is 12.1 Å². The number of halogens is 1. The molecule has 2 N–H and O–H groups in total. The van der Waals surface area contributed by atoms with E-state index in [9.17, 15) is 9.18 Å². The molecule has 4 aromatic carbocycles. The molecule has 4 aromatic rings. The van der Waals surface area contributed by atoms with Gasteiger partial charge in [0, 0.05) is 11.5 Å². The van der Waals surface area contributed by atoms with E-state index >= 15 is 0 Å². The summed E-state index contributed by atoms with van der Waals surface area (Å²) in [6.07, 6.45) is 4.25. The molecule has 1 heterocycles. The average Bonchev–Trinajstić information content (AvgIpc) is 3.33. The third-order valence-corrected chi connectivity index (χ3v) is 7.89. The largest absolute Gasteiger partial charge is 0.287 e. The first kappa shape index (κ1) is 24.3. The summed E-state index contributed by atoms with van der Waals surface area (Å²) in [4.78, 5) is 12.5. The van der Waals surface area contributed by atoms with Crippen molar-refractivity contribution in [1.82, 2.24) is 10.9 Å². The van der Waals surface area contributed by atoms with Gasteiger partial charge in [0.05, 0.1) is 24.0 Å². The number of amides is 1. The van der Waals surface area contributed by atoms with E-state index in [0.29, 0.717) is 18.0 Å². The molecule has 192 valence electrons. The molecule has 1 fully saturated rings. The summed E-state index contributed by atoms with van der Waals surface area (Å²) in [5, 5.41) is 9.74. The number of nitrogens with one attached hydrogen (secondary N) is 2. The molecular formula is C32H31FN4O. The molecule has 0 bridgehead atoms. The summed E-state index contributed by atoms with van der Waals surface area (Å²) >= 11 is 0. The van der Waals surface area contributed by atoms with Crippen LogP contribution in [0.4, 0.5) is 10.1 Å². The number of nitrogens with zero attached hydrogens (tertiary/aromatic N) is 2. The van der Waals surface area contributed by atoms with Crippen LogP contribution in [0.3, 0.4) is 0 Å². The molecule has 0 aromatic heterocycles. The lowest BCUT2D eigenvalue weighted by atomic mass is 9.72. The first-order chi connectivity index (χ1) is 18.7. The predicted octanol–water partition coefficient (Wildman–Crippen LogP) is 6.12. The Morgan fingerprint density at radius 2 is 1.66 bits per heavy atom. The average molecular weight is 507 g/mol. The van der Waals surface area contributed by atoms with Gasteiger partial charge in [0.15, 0.2) is 0 Å². The topological polar surface area (TPSA) is 56.7 Å². The zero-order valence-corrected chi connectivity index (χ0v) is 21.2. The lowest BCUT2D eigenvalue weighted by Gasteiger charge is -2.39. The minimum absolute atomic E-state index is 0.173. The summed E-state index contributed by atoms with van der Waals surface area (Å²) < 4.78 is 13.8. The van der Waals surface area contributed by atoms with Crippen LogP contribution in [0.1, 0.15) is 35.2 Å². The Morgan fingerprint density at radius 1 is 0.895 bits per heavy atom. The molecular weight excluding hydrogens is 475 g/mol. The van der Waals surface area contributed by atoms with Crippen LogP contribution in [-0.4, -0.2) is 24.2 Å². The van der Waals surface area contributed by atoms with Gasteiger partial charge in [-0.1, -0.05) is 67.1 Å². The highest BCUT2D eigenvalue weighted by molar-refractivity contribution is 5.95. The Balaban J connectivity index is 1.25. The molecule has 1 aliphatic heterocycles. The summed E-state index contributed by atoms with van der Waals surface area (Å²) in [7, 11) is 0. The predicted molar refractivity (Wildman–Crippen MR) is 150 cm³/mol. The fraction of sp³-hybridized carbons (Fsp3) is 0.250. The molecule has 0 saturated heterocycles. The van der Waals surface area contributed by atoms with E-state index < -0.39 is 0 Å². The van der Waals surface area contributed by atoms with Gasteiger partial charge in [-0.25, -0.2) is 9.82 Å². The highest BCUT2D eigenvalue weighted by Gasteiger charge is 2.44. The van der Waals surface area contributed by atoms with Crippen molar-refractivity contribution in [2.75, 3.05) is 11.6 Å². The van der Waals surface area contributed by atoms with Crippen LogP contribution in [0.2, 0.25) is 0 Å². The second kappa shape index (κ2) is 10.8. The number of benzene rings is 4. The molecule has 38 heavy (non-hydrogen) atoms. The molecule has 1 saturated carbocycles. The van der Waals surface area contributed by atoms with E-state index in [1.807, 2.05) is 30.3 Å². The molecule has 3 unspecified atom stereocenters.